The number of aryl methyl sites for hydroxylation is 4. The van der Waals surface area contributed by atoms with Crippen molar-refractivity contribution in [1.82, 2.24) is 19.9 Å². The third-order valence-corrected chi connectivity index (χ3v) is 14.4. The second-order valence-corrected chi connectivity index (χ2v) is 19.7. The van der Waals surface area contributed by atoms with Crippen LogP contribution in [0.2, 0.25) is 0 Å². The van der Waals surface area contributed by atoms with Crippen LogP contribution in [0.25, 0.3) is 44.4 Å². The lowest BCUT2D eigenvalue weighted by Crippen LogP contribution is -1.94. The molecule has 5 rings (SSSR count). The Morgan fingerprint density at radius 1 is 0.266 bits per heavy atom. The van der Waals surface area contributed by atoms with Crippen molar-refractivity contribution in [1.29, 1.82) is 0 Å². The molecule has 0 atom stereocenters. The maximum absolute atomic E-state index is 5.78. The molecule has 3 aromatic heterocycles. The van der Waals surface area contributed by atoms with Crippen LogP contribution in [0, 0.1) is 0 Å². The van der Waals surface area contributed by atoms with Crippen molar-refractivity contribution in [3.63, 3.8) is 0 Å². The van der Waals surface area contributed by atoms with Gasteiger partial charge in [0.15, 0.2) is 0 Å². The van der Waals surface area contributed by atoms with Gasteiger partial charge in [-0.2, -0.15) is 0 Å². The number of hydrogen-bond donors (Lipinski definition) is 2. The molecule has 3 aromatic rings. The van der Waals surface area contributed by atoms with Crippen LogP contribution in [0.3, 0.4) is 0 Å². The zero-order valence-corrected chi connectivity index (χ0v) is 42.8. The van der Waals surface area contributed by atoms with Gasteiger partial charge in [0, 0.05) is 22.1 Å². The van der Waals surface area contributed by atoms with Crippen molar-refractivity contribution in [2.45, 2.75) is 261 Å². The normalized spacial score (nSPS) is 13.0. The van der Waals surface area contributed by atoms with E-state index in [9.17, 15) is 0 Å². The summed E-state index contributed by atoms with van der Waals surface area (Å²) in [6.07, 6.45) is 38.6. The quantitative estimate of drug-likeness (QED) is 0.0614. The third kappa shape index (κ3) is 14.3. The summed E-state index contributed by atoms with van der Waals surface area (Å²) >= 11 is 0. The first-order valence-electron chi connectivity index (χ1n) is 27.7. The summed E-state index contributed by atoms with van der Waals surface area (Å²) in [5.41, 5.74) is 22.3. The largest absolute Gasteiger partial charge is 0.355 e. The highest BCUT2D eigenvalue weighted by atomic mass is 14.8. The van der Waals surface area contributed by atoms with Gasteiger partial charge in [0.05, 0.1) is 22.8 Å². The van der Waals surface area contributed by atoms with Crippen molar-refractivity contribution in [3.05, 3.63) is 69.3 Å². The lowest BCUT2D eigenvalue weighted by molar-refractivity contribution is 0.698. The molecule has 0 spiro atoms. The van der Waals surface area contributed by atoms with Crippen molar-refractivity contribution in [2.75, 3.05) is 0 Å². The molecule has 0 unspecified atom stereocenters. The molecule has 4 heteroatoms. The number of fused-ring (bicyclic) bond motifs is 8. The molecule has 2 aliphatic heterocycles. The van der Waals surface area contributed by atoms with Gasteiger partial charge in [0.2, 0.25) is 0 Å². The minimum absolute atomic E-state index is 1.10. The number of rotatable bonds is 32. The first-order valence-corrected chi connectivity index (χ1v) is 27.7. The Balaban J connectivity index is 1.99. The van der Waals surface area contributed by atoms with E-state index in [1.807, 2.05) is 0 Å². The number of unbranched alkanes of at least 4 members (excludes halogenated alkanes) is 16. The lowest BCUT2D eigenvalue weighted by Gasteiger charge is -2.10. The Bertz CT molecular complexity index is 1940. The summed E-state index contributed by atoms with van der Waals surface area (Å²) in [6, 6.07) is 10.1. The molecule has 5 heterocycles. The van der Waals surface area contributed by atoms with E-state index >= 15 is 0 Å². The van der Waals surface area contributed by atoms with Crippen LogP contribution >= 0.6 is 0 Å². The van der Waals surface area contributed by atoms with Crippen LogP contribution < -0.4 is 0 Å². The number of nitrogens with one attached hydrogen (secondary N) is 2. The standard InChI is InChI=1S/C60H94N4/c1-9-17-25-33-45-46(34-26-18-10-2)54-42-56-49(37-29-21-13-5)50(38-30-22-14-6)58(63-56)44-60-52(40-32-24-16-8)51(39-31-23-15-7)59(64-60)43-57-48(36-28-20-12-4)47(35-27-19-11-3)55(62-57)41-53(45)61-54/h41-44,61-62H,9-40H2,1-8H3. The van der Waals surface area contributed by atoms with E-state index in [-0.39, 0.29) is 0 Å². The molecule has 0 aliphatic carbocycles. The summed E-state index contributed by atoms with van der Waals surface area (Å²) in [4.78, 5) is 19.9. The summed E-state index contributed by atoms with van der Waals surface area (Å²) in [6.45, 7) is 18.7. The minimum atomic E-state index is 1.10. The molecule has 354 valence electrons. The Labute approximate surface area is 392 Å². The van der Waals surface area contributed by atoms with Gasteiger partial charge in [-0.05, 0) is 172 Å². The molecule has 64 heavy (non-hydrogen) atoms. The Hall–Kier alpha value is -3.40. The summed E-state index contributed by atoms with van der Waals surface area (Å²) in [5, 5.41) is 0. The van der Waals surface area contributed by atoms with Crippen molar-refractivity contribution >= 4 is 44.4 Å². The van der Waals surface area contributed by atoms with Crippen LogP contribution in [0.5, 0.6) is 0 Å². The van der Waals surface area contributed by atoms with Crippen molar-refractivity contribution < 1.29 is 0 Å². The van der Waals surface area contributed by atoms with E-state index in [1.165, 1.54) is 221 Å². The number of nitrogens with zero attached hydrogens (tertiary/aromatic N) is 2. The van der Waals surface area contributed by atoms with E-state index < -0.39 is 0 Å². The Morgan fingerprint density at radius 3 is 0.734 bits per heavy atom. The maximum atomic E-state index is 5.78. The van der Waals surface area contributed by atoms with E-state index in [0.29, 0.717) is 0 Å². The van der Waals surface area contributed by atoms with Gasteiger partial charge in [0.25, 0.3) is 0 Å². The van der Waals surface area contributed by atoms with Crippen LogP contribution in [0.15, 0.2) is 24.3 Å². The number of H-pyrrole nitrogens is 2. The molecule has 0 aromatic carbocycles. The van der Waals surface area contributed by atoms with Gasteiger partial charge in [0.1, 0.15) is 0 Å². The number of hydrogen-bond acceptors (Lipinski definition) is 2. The van der Waals surface area contributed by atoms with Gasteiger partial charge < -0.3 is 9.97 Å². The fourth-order valence-corrected chi connectivity index (χ4v) is 10.6. The molecule has 2 aliphatic rings. The highest BCUT2D eigenvalue weighted by Gasteiger charge is 2.25. The molecule has 4 nitrogen and oxygen atoms in total. The zero-order valence-electron chi connectivity index (χ0n) is 42.8. The van der Waals surface area contributed by atoms with Gasteiger partial charge in [-0.1, -0.05) is 158 Å². The van der Waals surface area contributed by atoms with Crippen LogP contribution in [-0.2, 0) is 25.7 Å². The predicted octanol–water partition coefficient (Wildman–Crippen LogP) is 19.4. The SMILES string of the molecule is CCCCCC1=C(CCCCC)c2cc3[nH]c(cc4[nH]c(cc5nc(cc1n2)C(CCCCC)=C5CCCCC)c(CCCCC)c4CCCCC)c(CCCCC)c3CCCCC. The predicted molar refractivity (Wildman–Crippen MR) is 284 cm³/mol. The Morgan fingerprint density at radius 2 is 0.484 bits per heavy atom. The monoisotopic (exact) mass is 871 g/mol. The van der Waals surface area contributed by atoms with Crippen LogP contribution in [0.1, 0.15) is 280 Å². The number of allylic oxidation sites excluding steroid dienone is 4. The molecule has 0 saturated heterocycles. The van der Waals surface area contributed by atoms with Gasteiger partial charge >= 0.3 is 0 Å². The lowest BCUT2D eigenvalue weighted by atomic mass is 9.92. The summed E-state index contributed by atoms with van der Waals surface area (Å²) < 4.78 is 0. The highest BCUT2D eigenvalue weighted by Crippen LogP contribution is 2.42. The van der Waals surface area contributed by atoms with E-state index in [4.69, 9.17) is 9.97 Å². The fourth-order valence-electron chi connectivity index (χ4n) is 10.6. The molecule has 0 saturated carbocycles. The van der Waals surface area contributed by atoms with Gasteiger partial charge in [-0.3, -0.25) is 0 Å². The van der Waals surface area contributed by atoms with E-state index in [1.54, 1.807) is 22.3 Å². The van der Waals surface area contributed by atoms with Crippen LogP contribution in [0.4, 0.5) is 0 Å². The van der Waals surface area contributed by atoms with E-state index in [2.05, 4.69) is 89.6 Å². The number of aromatic amines is 2. The topological polar surface area (TPSA) is 57.4 Å². The average molecular weight is 871 g/mol. The molecule has 0 fully saturated rings. The smallest absolute Gasteiger partial charge is 0.0694 e. The average Bonchev–Trinajstić information content (AvgIpc) is 3.99. The fraction of sp³-hybridized carbons (Fsp3) is 0.667. The van der Waals surface area contributed by atoms with Gasteiger partial charge in [-0.15, -0.1) is 0 Å². The van der Waals surface area contributed by atoms with Crippen molar-refractivity contribution in [3.8, 4) is 0 Å². The first-order chi connectivity index (χ1) is 31.5. The minimum Gasteiger partial charge on any atom is -0.355 e. The second-order valence-electron chi connectivity index (χ2n) is 19.7. The molecular weight excluding hydrogens is 777 g/mol. The molecule has 0 radical (unpaired) electrons. The maximum Gasteiger partial charge on any atom is 0.0694 e. The molecular formula is C60H94N4. The highest BCUT2D eigenvalue weighted by molar-refractivity contribution is 5.96. The Kier molecular flexibility index (Phi) is 23.0. The van der Waals surface area contributed by atoms with E-state index in [0.717, 1.165) is 51.4 Å². The second kappa shape index (κ2) is 28.6. The molecule has 2 N–H and O–H groups in total. The zero-order chi connectivity index (χ0) is 45.5. The first kappa shape index (κ1) is 51.6. The summed E-state index contributed by atoms with van der Waals surface area (Å²) in [7, 11) is 0. The third-order valence-electron chi connectivity index (χ3n) is 14.4. The van der Waals surface area contributed by atoms with Crippen molar-refractivity contribution in [2.24, 2.45) is 0 Å². The summed E-state index contributed by atoms with van der Waals surface area (Å²) in [5.74, 6) is 0. The van der Waals surface area contributed by atoms with Crippen LogP contribution in [-0.4, -0.2) is 19.9 Å². The molecule has 8 bridgehead atoms. The van der Waals surface area contributed by atoms with Gasteiger partial charge in [-0.25, -0.2) is 9.97 Å². The molecule has 0 amide bonds. The number of aromatic nitrogens is 4.